The molecule has 0 saturated heterocycles. The Balaban J connectivity index is 2.00. The van der Waals surface area contributed by atoms with Crippen LogP contribution in [0.4, 0.5) is 0 Å². The summed E-state index contributed by atoms with van der Waals surface area (Å²) in [6, 6.07) is 6.12. The Bertz CT molecular complexity index is 678. The minimum absolute atomic E-state index is 0.191. The van der Waals surface area contributed by atoms with Crippen LogP contribution >= 0.6 is 11.8 Å². The highest BCUT2D eigenvalue weighted by Gasteiger charge is 2.30. The molecule has 2 atom stereocenters. The number of carbonyl (C=O) groups is 3. The van der Waals surface area contributed by atoms with Crippen LogP contribution in [0.5, 0.6) is 5.75 Å². The molecule has 1 aromatic rings. The maximum absolute atomic E-state index is 12.6. The van der Waals surface area contributed by atoms with Crippen LogP contribution in [0.2, 0.25) is 0 Å². The third-order valence-corrected chi connectivity index (χ3v) is 4.78. The van der Waals surface area contributed by atoms with Crippen LogP contribution in [0.15, 0.2) is 24.3 Å². The SMILES string of the molecule is COc1ccccc1C(=O)N[C@H](CCSC)C(=O)O[C@H](C)C(=O)NC1CC1. The lowest BCUT2D eigenvalue weighted by atomic mass is 10.1. The number of nitrogens with one attached hydrogen (secondary N) is 2. The molecule has 1 fully saturated rings. The number of hydrogen-bond acceptors (Lipinski definition) is 6. The summed E-state index contributed by atoms with van der Waals surface area (Å²) >= 11 is 1.56. The summed E-state index contributed by atoms with van der Waals surface area (Å²) in [5.74, 6) is -0.278. The Kier molecular flexibility index (Phi) is 7.97. The molecule has 0 radical (unpaired) electrons. The van der Waals surface area contributed by atoms with E-state index in [-0.39, 0.29) is 11.9 Å². The van der Waals surface area contributed by atoms with Gasteiger partial charge in [0.1, 0.15) is 11.8 Å². The molecule has 2 amide bonds. The van der Waals surface area contributed by atoms with Crippen LogP contribution in [0.1, 0.15) is 36.5 Å². The molecule has 8 heteroatoms. The van der Waals surface area contributed by atoms with E-state index in [2.05, 4.69) is 10.6 Å². The van der Waals surface area contributed by atoms with Crippen molar-refractivity contribution in [2.24, 2.45) is 0 Å². The van der Waals surface area contributed by atoms with Gasteiger partial charge in [0, 0.05) is 6.04 Å². The monoisotopic (exact) mass is 394 g/mol. The van der Waals surface area contributed by atoms with Crippen molar-refractivity contribution in [2.75, 3.05) is 19.1 Å². The third-order valence-electron chi connectivity index (χ3n) is 4.14. The number of methoxy groups -OCH3 is 1. The molecule has 0 spiro atoms. The number of amides is 2. The predicted octanol–water partition coefficient (Wildman–Crippen LogP) is 1.76. The highest BCUT2D eigenvalue weighted by atomic mass is 32.2. The second kappa shape index (κ2) is 10.2. The zero-order valence-electron chi connectivity index (χ0n) is 15.8. The molecule has 27 heavy (non-hydrogen) atoms. The van der Waals surface area contributed by atoms with Gasteiger partial charge >= 0.3 is 5.97 Å². The standard InChI is InChI=1S/C19H26N2O5S/c1-12(17(22)20-13-8-9-13)26-19(24)15(10-11-27-3)21-18(23)14-6-4-5-7-16(14)25-2/h4-7,12-13,15H,8-11H2,1-3H3,(H,20,22)(H,21,23)/t12-,15-/m1/s1. The van der Waals surface area contributed by atoms with Crippen molar-refractivity contribution in [1.82, 2.24) is 10.6 Å². The Morgan fingerprint density at radius 3 is 2.59 bits per heavy atom. The quantitative estimate of drug-likeness (QED) is 0.588. The maximum atomic E-state index is 12.6. The fourth-order valence-electron chi connectivity index (χ4n) is 2.41. The first kappa shape index (κ1) is 21.1. The number of benzene rings is 1. The topological polar surface area (TPSA) is 93.7 Å². The van der Waals surface area contributed by atoms with Crippen LogP contribution in [0, 0.1) is 0 Å². The molecule has 7 nitrogen and oxygen atoms in total. The number of para-hydroxylation sites is 1. The summed E-state index contributed by atoms with van der Waals surface area (Å²) in [4.78, 5) is 37.1. The Hall–Kier alpha value is -2.22. The lowest BCUT2D eigenvalue weighted by Crippen LogP contribution is -2.45. The smallest absolute Gasteiger partial charge is 0.329 e. The van der Waals surface area contributed by atoms with Gasteiger partial charge in [-0.3, -0.25) is 9.59 Å². The average Bonchev–Trinajstić information content (AvgIpc) is 3.48. The number of rotatable bonds is 10. The van der Waals surface area contributed by atoms with Crippen molar-refractivity contribution in [1.29, 1.82) is 0 Å². The van der Waals surface area contributed by atoms with Crippen LogP contribution in [-0.4, -0.2) is 55.1 Å². The van der Waals surface area contributed by atoms with Gasteiger partial charge in [-0.15, -0.1) is 0 Å². The van der Waals surface area contributed by atoms with Gasteiger partial charge in [0.15, 0.2) is 6.10 Å². The van der Waals surface area contributed by atoms with Crippen LogP contribution in [0.3, 0.4) is 0 Å². The molecule has 0 aromatic heterocycles. The maximum Gasteiger partial charge on any atom is 0.329 e. The number of ether oxygens (including phenoxy) is 2. The molecule has 0 unspecified atom stereocenters. The highest BCUT2D eigenvalue weighted by molar-refractivity contribution is 7.98. The van der Waals surface area contributed by atoms with E-state index in [1.165, 1.54) is 14.0 Å². The van der Waals surface area contributed by atoms with Crippen molar-refractivity contribution in [2.45, 2.75) is 44.4 Å². The first-order valence-corrected chi connectivity index (χ1v) is 10.3. The van der Waals surface area contributed by atoms with E-state index in [9.17, 15) is 14.4 Å². The van der Waals surface area contributed by atoms with Gasteiger partial charge in [0.2, 0.25) is 0 Å². The first-order valence-electron chi connectivity index (χ1n) is 8.90. The van der Waals surface area contributed by atoms with Crippen LogP contribution in [0.25, 0.3) is 0 Å². The summed E-state index contributed by atoms with van der Waals surface area (Å²) in [7, 11) is 1.48. The number of carbonyl (C=O) groups excluding carboxylic acids is 3. The van der Waals surface area contributed by atoms with Gasteiger partial charge in [-0.2, -0.15) is 11.8 Å². The third kappa shape index (κ3) is 6.46. The van der Waals surface area contributed by atoms with Crippen LogP contribution in [-0.2, 0) is 14.3 Å². The molecule has 1 saturated carbocycles. The van der Waals surface area contributed by atoms with Crippen molar-refractivity contribution in [3.63, 3.8) is 0 Å². The van der Waals surface area contributed by atoms with E-state index < -0.39 is 24.0 Å². The molecule has 0 heterocycles. The van der Waals surface area contributed by atoms with Crippen LogP contribution < -0.4 is 15.4 Å². The molecule has 0 aliphatic heterocycles. The first-order chi connectivity index (χ1) is 13.0. The second-order valence-electron chi connectivity index (χ2n) is 6.37. The predicted molar refractivity (Wildman–Crippen MR) is 104 cm³/mol. The lowest BCUT2D eigenvalue weighted by molar-refractivity contribution is -0.156. The van der Waals surface area contributed by atoms with Gasteiger partial charge in [-0.05, 0) is 50.3 Å². The molecule has 2 rings (SSSR count). The van der Waals surface area contributed by atoms with Crippen molar-refractivity contribution < 1.29 is 23.9 Å². The molecule has 0 bridgehead atoms. The van der Waals surface area contributed by atoms with Gasteiger partial charge in [0.25, 0.3) is 11.8 Å². The van der Waals surface area contributed by atoms with E-state index >= 15 is 0 Å². The van der Waals surface area contributed by atoms with E-state index in [1.807, 2.05) is 6.26 Å². The summed E-state index contributed by atoms with van der Waals surface area (Å²) < 4.78 is 10.5. The van der Waals surface area contributed by atoms with Gasteiger partial charge < -0.3 is 20.1 Å². The summed E-state index contributed by atoms with van der Waals surface area (Å²) in [5.41, 5.74) is 0.335. The molecule has 1 aliphatic rings. The zero-order valence-corrected chi connectivity index (χ0v) is 16.6. The normalized spacial score (nSPS) is 15.4. The second-order valence-corrected chi connectivity index (χ2v) is 7.36. The molecule has 2 N–H and O–H groups in total. The lowest BCUT2D eigenvalue weighted by Gasteiger charge is -2.20. The van der Waals surface area contributed by atoms with Gasteiger partial charge in [-0.1, -0.05) is 12.1 Å². The Morgan fingerprint density at radius 1 is 1.26 bits per heavy atom. The molecule has 1 aromatic carbocycles. The molecular formula is C19H26N2O5S. The van der Waals surface area contributed by atoms with E-state index in [0.717, 1.165) is 12.8 Å². The fraction of sp³-hybridized carbons (Fsp3) is 0.526. The molecule has 1 aliphatic carbocycles. The number of thioether (sulfide) groups is 1. The van der Waals surface area contributed by atoms with Crippen molar-refractivity contribution in [3.8, 4) is 5.75 Å². The Morgan fingerprint density at radius 2 is 1.96 bits per heavy atom. The number of esters is 1. The minimum atomic E-state index is -0.905. The van der Waals surface area contributed by atoms with E-state index in [4.69, 9.17) is 9.47 Å². The zero-order chi connectivity index (χ0) is 19.8. The van der Waals surface area contributed by atoms with E-state index in [0.29, 0.717) is 23.5 Å². The number of hydrogen-bond donors (Lipinski definition) is 2. The van der Waals surface area contributed by atoms with E-state index in [1.54, 1.807) is 36.0 Å². The van der Waals surface area contributed by atoms with Gasteiger partial charge in [-0.25, -0.2) is 4.79 Å². The summed E-state index contributed by atoms with van der Waals surface area (Å²) in [6.45, 7) is 1.53. The van der Waals surface area contributed by atoms with Gasteiger partial charge in [0.05, 0.1) is 12.7 Å². The largest absolute Gasteiger partial charge is 0.496 e. The highest BCUT2D eigenvalue weighted by Crippen LogP contribution is 2.19. The fourth-order valence-corrected chi connectivity index (χ4v) is 2.88. The average molecular weight is 394 g/mol. The summed E-state index contributed by atoms with van der Waals surface area (Å²) in [5, 5.41) is 5.50. The molecular weight excluding hydrogens is 368 g/mol. The Labute approximate surface area is 163 Å². The minimum Gasteiger partial charge on any atom is -0.496 e. The van der Waals surface area contributed by atoms with Crippen molar-refractivity contribution in [3.05, 3.63) is 29.8 Å². The summed E-state index contributed by atoms with van der Waals surface area (Å²) in [6.07, 6.45) is 3.32. The molecule has 148 valence electrons. The van der Waals surface area contributed by atoms with Crippen molar-refractivity contribution >= 4 is 29.5 Å².